The molecule has 0 unspecified atom stereocenters. The van der Waals surface area contributed by atoms with Crippen LogP contribution in [0, 0.1) is 5.82 Å². The van der Waals surface area contributed by atoms with Crippen molar-refractivity contribution in [2.24, 2.45) is 0 Å². The molecule has 6 heteroatoms. The standard InChI is InChI=1S/C23H19F3O3/c1-3-11-27-17-7-5-15(6-8-17)21-20(29-23(25)26)14-16-13-18(28-12-4-2)9-10-19(16)22(21)24/h3-10,13-14,23H,1-2,11-12H2. The molecule has 0 aliphatic carbocycles. The van der Waals surface area contributed by atoms with Crippen LogP contribution in [0.25, 0.3) is 21.9 Å². The topological polar surface area (TPSA) is 27.7 Å². The summed E-state index contributed by atoms with van der Waals surface area (Å²) < 4.78 is 56.8. The van der Waals surface area contributed by atoms with Gasteiger partial charge in [0, 0.05) is 5.39 Å². The number of alkyl halides is 2. The molecule has 0 saturated heterocycles. The van der Waals surface area contributed by atoms with E-state index in [0.29, 0.717) is 29.1 Å². The van der Waals surface area contributed by atoms with Crippen LogP contribution >= 0.6 is 0 Å². The van der Waals surface area contributed by atoms with E-state index >= 15 is 4.39 Å². The van der Waals surface area contributed by atoms with Crippen molar-refractivity contribution in [1.29, 1.82) is 0 Å². The first-order valence-electron chi connectivity index (χ1n) is 8.82. The molecule has 0 aromatic heterocycles. The van der Waals surface area contributed by atoms with Gasteiger partial charge >= 0.3 is 6.61 Å². The quantitative estimate of drug-likeness (QED) is 0.390. The van der Waals surface area contributed by atoms with E-state index in [2.05, 4.69) is 17.9 Å². The van der Waals surface area contributed by atoms with E-state index in [4.69, 9.17) is 9.47 Å². The lowest BCUT2D eigenvalue weighted by Gasteiger charge is -2.15. The minimum Gasteiger partial charge on any atom is -0.490 e. The summed E-state index contributed by atoms with van der Waals surface area (Å²) in [6.07, 6.45) is 3.17. The molecule has 29 heavy (non-hydrogen) atoms. The van der Waals surface area contributed by atoms with Crippen LogP contribution in [-0.4, -0.2) is 19.8 Å². The molecule has 0 saturated carbocycles. The second-order valence-corrected chi connectivity index (χ2v) is 6.05. The van der Waals surface area contributed by atoms with Gasteiger partial charge < -0.3 is 14.2 Å². The molecule has 0 amide bonds. The number of hydrogen-bond acceptors (Lipinski definition) is 3. The van der Waals surface area contributed by atoms with Crippen LogP contribution in [0.5, 0.6) is 17.2 Å². The maximum absolute atomic E-state index is 15.3. The number of ether oxygens (including phenoxy) is 3. The molecule has 3 nitrogen and oxygen atoms in total. The highest BCUT2D eigenvalue weighted by molar-refractivity contribution is 5.92. The molecule has 0 radical (unpaired) electrons. The second-order valence-electron chi connectivity index (χ2n) is 6.05. The fourth-order valence-corrected chi connectivity index (χ4v) is 2.89. The largest absolute Gasteiger partial charge is 0.490 e. The molecule has 3 aromatic rings. The van der Waals surface area contributed by atoms with Crippen molar-refractivity contribution in [3.8, 4) is 28.4 Å². The highest BCUT2D eigenvalue weighted by atomic mass is 19.3. The third kappa shape index (κ3) is 4.71. The first-order valence-corrected chi connectivity index (χ1v) is 8.82. The average molecular weight is 400 g/mol. The molecular weight excluding hydrogens is 381 g/mol. The highest BCUT2D eigenvalue weighted by Gasteiger charge is 2.19. The predicted molar refractivity (Wildman–Crippen MR) is 107 cm³/mol. The van der Waals surface area contributed by atoms with Crippen molar-refractivity contribution in [1.82, 2.24) is 0 Å². The zero-order valence-corrected chi connectivity index (χ0v) is 15.5. The molecule has 0 spiro atoms. The molecule has 150 valence electrons. The number of halogens is 3. The maximum Gasteiger partial charge on any atom is 0.387 e. The number of hydrogen-bond donors (Lipinski definition) is 0. The van der Waals surface area contributed by atoms with Gasteiger partial charge in [0.1, 0.15) is 36.3 Å². The monoisotopic (exact) mass is 400 g/mol. The minimum absolute atomic E-state index is 0.0483. The summed E-state index contributed by atoms with van der Waals surface area (Å²) in [5.74, 6) is 0.102. The molecule has 3 rings (SSSR count). The Labute approximate surface area is 166 Å². The number of rotatable bonds is 9. The van der Waals surface area contributed by atoms with Crippen molar-refractivity contribution in [3.63, 3.8) is 0 Å². The zero-order valence-electron chi connectivity index (χ0n) is 15.5. The third-order valence-corrected chi connectivity index (χ3v) is 4.11. The molecule has 0 atom stereocenters. The van der Waals surface area contributed by atoms with E-state index in [1.165, 1.54) is 6.07 Å². The Morgan fingerprint density at radius 2 is 1.48 bits per heavy atom. The Hall–Kier alpha value is -3.41. The lowest BCUT2D eigenvalue weighted by molar-refractivity contribution is -0.0494. The fourth-order valence-electron chi connectivity index (χ4n) is 2.89. The maximum atomic E-state index is 15.3. The Balaban J connectivity index is 2.09. The minimum atomic E-state index is -3.10. The van der Waals surface area contributed by atoms with Crippen molar-refractivity contribution >= 4 is 10.8 Å². The predicted octanol–water partition coefficient (Wildman–Crippen LogP) is 6.38. The molecule has 0 aliphatic heterocycles. The van der Waals surface area contributed by atoms with Crippen molar-refractivity contribution in [2.75, 3.05) is 13.2 Å². The smallest absolute Gasteiger partial charge is 0.387 e. The van der Waals surface area contributed by atoms with Gasteiger partial charge in [-0.3, -0.25) is 0 Å². The van der Waals surface area contributed by atoms with Gasteiger partial charge in [0.2, 0.25) is 0 Å². The van der Waals surface area contributed by atoms with E-state index in [1.54, 1.807) is 54.6 Å². The summed E-state index contributed by atoms with van der Waals surface area (Å²) in [7, 11) is 0. The van der Waals surface area contributed by atoms with Crippen LogP contribution in [0.3, 0.4) is 0 Å². The number of benzene rings is 3. The summed E-state index contributed by atoms with van der Waals surface area (Å²) in [5, 5.41) is 0.647. The Morgan fingerprint density at radius 1 is 0.862 bits per heavy atom. The van der Waals surface area contributed by atoms with Gasteiger partial charge in [0.05, 0.1) is 5.56 Å². The average Bonchev–Trinajstić information content (AvgIpc) is 2.71. The van der Waals surface area contributed by atoms with Gasteiger partial charge in [0.15, 0.2) is 0 Å². The summed E-state index contributed by atoms with van der Waals surface area (Å²) in [4.78, 5) is 0. The first-order chi connectivity index (χ1) is 14.0. The molecule has 0 heterocycles. The van der Waals surface area contributed by atoms with Gasteiger partial charge in [-0.1, -0.05) is 37.4 Å². The molecular formula is C23H19F3O3. The van der Waals surface area contributed by atoms with Crippen LogP contribution in [0.2, 0.25) is 0 Å². The Kier molecular flexibility index (Phi) is 6.44. The second kappa shape index (κ2) is 9.19. The van der Waals surface area contributed by atoms with Gasteiger partial charge in [-0.05, 0) is 47.3 Å². The van der Waals surface area contributed by atoms with Gasteiger partial charge in [-0.25, -0.2) is 4.39 Å². The molecule has 0 N–H and O–H groups in total. The molecule has 3 aromatic carbocycles. The SMILES string of the molecule is C=CCOc1ccc(-c2c(OC(F)F)cc3cc(OCC=C)ccc3c2F)cc1. The Morgan fingerprint density at radius 3 is 2.10 bits per heavy atom. The lowest BCUT2D eigenvalue weighted by atomic mass is 9.98. The van der Waals surface area contributed by atoms with E-state index in [0.717, 1.165) is 0 Å². The molecule has 0 bridgehead atoms. The summed E-state index contributed by atoms with van der Waals surface area (Å²) in [6.45, 7) is 4.63. The molecule has 0 aliphatic rings. The third-order valence-electron chi connectivity index (χ3n) is 4.11. The fraction of sp³-hybridized carbons (Fsp3) is 0.130. The van der Waals surface area contributed by atoms with Crippen LogP contribution in [0.15, 0.2) is 73.8 Å². The van der Waals surface area contributed by atoms with Gasteiger partial charge in [-0.15, -0.1) is 0 Å². The van der Waals surface area contributed by atoms with Crippen molar-refractivity contribution < 1.29 is 27.4 Å². The van der Waals surface area contributed by atoms with E-state index < -0.39 is 12.4 Å². The van der Waals surface area contributed by atoms with Gasteiger partial charge in [-0.2, -0.15) is 8.78 Å². The molecule has 0 fully saturated rings. The van der Waals surface area contributed by atoms with E-state index in [-0.39, 0.29) is 23.3 Å². The normalized spacial score (nSPS) is 10.8. The van der Waals surface area contributed by atoms with Crippen molar-refractivity contribution in [3.05, 3.63) is 79.7 Å². The summed E-state index contributed by atoms with van der Waals surface area (Å²) in [6, 6.07) is 12.5. The lowest BCUT2D eigenvalue weighted by Crippen LogP contribution is -2.05. The summed E-state index contributed by atoms with van der Waals surface area (Å²) in [5.41, 5.74) is 0.339. The number of fused-ring (bicyclic) bond motifs is 1. The van der Waals surface area contributed by atoms with E-state index in [9.17, 15) is 8.78 Å². The first kappa shape index (κ1) is 20.3. The zero-order chi connectivity index (χ0) is 20.8. The highest BCUT2D eigenvalue weighted by Crippen LogP contribution is 2.40. The summed E-state index contributed by atoms with van der Waals surface area (Å²) >= 11 is 0. The van der Waals surface area contributed by atoms with Crippen molar-refractivity contribution in [2.45, 2.75) is 6.61 Å². The van der Waals surface area contributed by atoms with Gasteiger partial charge in [0.25, 0.3) is 0 Å². The Bertz CT molecular complexity index is 1010. The van der Waals surface area contributed by atoms with Crippen LogP contribution in [0.4, 0.5) is 13.2 Å². The van der Waals surface area contributed by atoms with Crippen LogP contribution < -0.4 is 14.2 Å². The van der Waals surface area contributed by atoms with Crippen LogP contribution in [-0.2, 0) is 0 Å². The van der Waals surface area contributed by atoms with E-state index in [1.807, 2.05) is 0 Å². The van der Waals surface area contributed by atoms with Crippen LogP contribution in [0.1, 0.15) is 0 Å².